The van der Waals surface area contributed by atoms with Crippen molar-refractivity contribution in [1.29, 1.82) is 0 Å². The number of ether oxygens (including phenoxy) is 1. The van der Waals surface area contributed by atoms with Gasteiger partial charge in [0.05, 0.1) is 11.1 Å². The molecule has 1 amide bonds. The molecule has 0 aromatic heterocycles. The lowest BCUT2D eigenvalue weighted by atomic mass is 9.93. The van der Waals surface area contributed by atoms with E-state index in [0.717, 1.165) is 6.54 Å². The molecule has 0 bridgehead atoms. The monoisotopic (exact) mass is 258 g/mol. The quantitative estimate of drug-likeness (QED) is 0.748. The number of nitrogens with zero attached hydrogens (tertiary/aromatic N) is 1. The summed E-state index contributed by atoms with van der Waals surface area (Å²) < 4.78 is 5.24. The number of hydrogen-bond donors (Lipinski definition) is 2. The van der Waals surface area contributed by atoms with Gasteiger partial charge >= 0.3 is 0 Å². The highest BCUT2D eigenvalue weighted by atomic mass is 16.5. The van der Waals surface area contributed by atoms with Crippen LogP contribution < -0.4 is 5.32 Å². The third-order valence-corrected chi connectivity index (χ3v) is 3.46. The summed E-state index contributed by atoms with van der Waals surface area (Å²) in [7, 11) is 1.74. The summed E-state index contributed by atoms with van der Waals surface area (Å²) in [4.78, 5) is 13.9. The fourth-order valence-corrected chi connectivity index (χ4v) is 2.42. The molecule has 1 heterocycles. The third kappa shape index (κ3) is 3.93. The summed E-state index contributed by atoms with van der Waals surface area (Å²) in [6, 6.07) is 0. The molecule has 0 atom stereocenters. The number of hydrogen-bond acceptors (Lipinski definition) is 4. The first-order chi connectivity index (χ1) is 8.31. The van der Waals surface area contributed by atoms with E-state index in [1.807, 2.05) is 20.8 Å². The van der Waals surface area contributed by atoms with Crippen molar-refractivity contribution < 1.29 is 14.6 Å². The average Bonchev–Trinajstić information content (AvgIpc) is 2.28. The Bertz CT molecular complexity index is 286. The maximum atomic E-state index is 12.3. The first-order valence-corrected chi connectivity index (χ1v) is 6.61. The second-order valence-electron chi connectivity index (χ2n) is 5.65. The number of carbonyl (C=O) groups is 1. The molecule has 0 unspecified atom stereocenters. The van der Waals surface area contributed by atoms with Crippen LogP contribution in [-0.2, 0) is 9.53 Å². The van der Waals surface area contributed by atoms with Gasteiger partial charge in [-0.15, -0.1) is 0 Å². The summed E-state index contributed by atoms with van der Waals surface area (Å²) in [6.45, 7) is 7.94. The average molecular weight is 258 g/mol. The smallest absolute Gasteiger partial charge is 0.242 e. The van der Waals surface area contributed by atoms with E-state index in [1.54, 1.807) is 11.9 Å². The van der Waals surface area contributed by atoms with Crippen LogP contribution >= 0.6 is 0 Å². The lowest BCUT2D eigenvalue weighted by Gasteiger charge is -2.38. The third-order valence-electron chi connectivity index (χ3n) is 3.46. The van der Waals surface area contributed by atoms with Gasteiger partial charge in [0.15, 0.2) is 0 Å². The number of rotatable bonds is 5. The van der Waals surface area contributed by atoms with E-state index in [1.165, 1.54) is 0 Å². The van der Waals surface area contributed by atoms with Gasteiger partial charge in [-0.3, -0.25) is 4.79 Å². The van der Waals surface area contributed by atoms with E-state index in [-0.39, 0.29) is 5.91 Å². The molecule has 18 heavy (non-hydrogen) atoms. The van der Waals surface area contributed by atoms with Crippen LogP contribution in [0.4, 0.5) is 0 Å². The van der Waals surface area contributed by atoms with Crippen molar-refractivity contribution in [2.45, 2.75) is 44.8 Å². The van der Waals surface area contributed by atoms with Gasteiger partial charge in [-0.05, 0) is 20.4 Å². The van der Waals surface area contributed by atoms with Crippen molar-refractivity contribution >= 4 is 5.91 Å². The van der Waals surface area contributed by atoms with Crippen LogP contribution in [0.15, 0.2) is 0 Å². The molecule has 0 spiro atoms. The summed E-state index contributed by atoms with van der Waals surface area (Å²) >= 11 is 0. The topological polar surface area (TPSA) is 61.8 Å². The first kappa shape index (κ1) is 15.4. The Morgan fingerprint density at radius 3 is 2.50 bits per heavy atom. The SMILES string of the molecule is CCNC(C)(C)C(=O)N(C)CC1(O)CCOCC1. The molecule has 1 fully saturated rings. The van der Waals surface area contributed by atoms with E-state index >= 15 is 0 Å². The van der Waals surface area contributed by atoms with Gasteiger partial charge < -0.3 is 20.1 Å². The molecule has 0 saturated carbocycles. The Balaban J connectivity index is 2.58. The summed E-state index contributed by atoms with van der Waals surface area (Å²) in [6.07, 6.45) is 1.18. The van der Waals surface area contributed by atoms with E-state index in [9.17, 15) is 9.90 Å². The Kier molecular flexibility index (Phi) is 5.13. The van der Waals surface area contributed by atoms with Crippen molar-refractivity contribution in [3.05, 3.63) is 0 Å². The normalized spacial score (nSPS) is 19.6. The maximum Gasteiger partial charge on any atom is 0.242 e. The zero-order chi connectivity index (χ0) is 13.8. The lowest BCUT2D eigenvalue weighted by molar-refractivity contribution is -0.142. The van der Waals surface area contributed by atoms with Crippen molar-refractivity contribution in [3.8, 4) is 0 Å². The fourth-order valence-electron chi connectivity index (χ4n) is 2.42. The van der Waals surface area contributed by atoms with Gasteiger partial charge in [0.2, 0.25) is 5.91 Å². The minimum Gasteiger partial charge on any atom is -0.388 e. The Labute approximate surface area is 109 Å². The maximum absolute atomic E-state index is 12.3. The molecule has 1 saturated heterocycles. The van der Waals surface area contributed by atoms with Crippen LogP contribution in [0.25, 0.3) is 0 Å². The second kappa shape index (κ2) is 5.99. The molecule has 5 nitrogen and oxygen atoms in total. The molecule has 106 valence electrons. The fraction of sp³-hybridized carbons (Fsp3) is 0.923. The van der Waals surface area contributed by atoms with Crippen LogP contribution in [0.5, 0.6) is 0 Å². The predicted octanol–water partition coefficient (Wildman–Crippen LogP) is 0.374. The Morgan fingerprint density at radius 2 is 2.00 bits per heavy atom. The zero-order valence-electron chi connectivity index (χ0n) is 12.0. The summed E-state index contributed by atoms with van der Waals surface area (Å²) in [5, 5.41) is 13.5. The Hall–Kier alpha value is -0.650. The zero-order valence-corrected chi connectivity index (χ0v) is 12.0. The predicted molar refractivity (Wildman–Crippen MR) is 70.4 cm³/mol. The van der Waals surface area contributed by atoms with Gasteiger partial charge in [0.1, 0.15) is 0 Å². The van der Waals surface area contributed by atoms with Gasteiger partial charge in [-0.2, -0.15) is 0 Å². The molecule has 0 aliphatic carbocycles. The summed E-state index contributed by atoms with van der Waals surface area (Å²) in [5.41, 5.74) is -1.39. The lowest BCUT2D eigenvalue weighted by Crippen LogP contribution is -2.56. The van der Waals surface area contributed by atoms with Crippen molar-refractivity contribution in [3.63, 3.8) is 0 Å². The first-order valence-electron chi connectivity index (χ1n) is 6.61. The molecule has 1 aliphatic rings. The van der Waals surface area contributed by atoms with Crippen LogP contribution in [0, 0.1) is 0 Å². The standard InChI is InChI=1S/C13H26N2O3/c1-5-14-12(2,3)11(16)15(4)10-13(17)6-8-18-9-7-13/h14,17H,5-10H2,1-4H3. The van der Waals surface area contributed by atoms with Gasteiger partial charge in [0, 0.05) is 39.6 Å². The van der Waals surface area contributed by atoms with E-state index in [2.05, 4.69) is 5.32 Å². The van der Waals surface area contributed by atoms with Gasteiger partial charge in [-0.25, -0.2) is 0 Å². The number of amides is 1. The van der Waals surface area contributed by atoms with E-state index < -0.39 is 11.1 Å². The molecule has 1 aliphatic heterocycles. The molecule has 1 rings (SSSR count). The minimum atomic E-state index is -0.801. The molecule has 0 aromatic rings. The molecular formula is C13H26N2O3. The molecular weight excluding hydrogens is 232 g/mol. The second-order valence-corrected chi connectivity index (χ2v) is 5.65. The summed E-state index contributed by atoms with van der Waals surface area (Å²) in [5.74, 6) is 0.00395. The van der Waals surface area contributed by atoms with E-state index in [4.69, 9.17) is 4.74 Å². The van der Waals surface area contributed by atoms with Gasteiger partial charge in [0.25, 0.3) is 0 Å². The number of aliphatic hydroxyl groups is 1. The highest BCUT2D eigenvalue weighted by Gasteiger charge is 2.36. The van der Waals surface area contributed by atoms with Crippen LogP contribution in [0.2, 0.25) is 0 Å². The largest absolute Gasteiger partial charge is 0.388 e. The van der Waals surface area contributed by atoms with Crippen molar-refractivity contribution in [2.75, 3.05) is 33.4 Å². The number of likely N-dealkylation sites (N-methyl/N-ethyl adjacent to an activating group) is 2. The Morgan fingerprint density at radius 1 is 1.44 bits per heavy atom. The molecule has 2 N–H and O–H groups in total. The van der Waals surface area contributed by atoms with Crippen LogP contribution in [0.3, 0.4) is 0 Å². The van der Waals surface area contributed by atoms with Crippen LogP contribution in [0.1, 0.15) is 33.6 Å². The van der Waals surface area contributed by atoms with Crippen molar-refractivity contribution in [1.82, 2.24) is 10.2 Å². The molecule has 0 aromatic carbocycles. The molecule has 0 radical (unpaired) electrons. The van der Waals surface area contributed by atoms with Gasteiger partial charge in [-0.1, -0.05) is 6.92 Å². The number of nitrogens with one attached hydrogen (secondary N) is 1. The van der Waals surface area contributed by atoms with E-state index in [0.29, 0.717) is 32.6 Å². The highest BCUT2D eigenvalue weighted by Crippen LogP contribution is 2.22. The molecule has 5 heteroatoms. The van der Waals surface area contributed by atoms with Crippen LogP contribution in [-0.4, -0.2) is 60.4 Å². The highest BCUT2D eigenvalue weighted by molar-refractivity contribution is 5.85. The minimum absolute atomic E-state index is 0.00395. The van der Waals surface area contributed by atoms with Crippen molar-refractivity contribution in [2.24, 2.45) is 0 Å². The number of carbonyl (C=O) groups excluding carboxylic acids is 1.